The average Bonchev–Trinajstić information content (AvgIpc) is 2.84. The number of carbonyl (C=O) groups excluding carboxylic acids is 2. The number of carbonyl (C=O) groups is 2. The van der Waals surface area contributed by atoms with Gasteiger partial charge >= 0.3 is 0 Å². The largest absolute Gasteiger partial charge is 0.339 e. The molecule has 33 heavy (non-hydrogen) atoms. The molecule has 3 rings (SSSR count). The fraction of sp³-hybridized carbons (Fsp3) is 0.250. The summed E-state index contributed by atoms with van der Waals surface area (Å²) in [5.41, 5.74) is 3.41. The first kappa shape index (κ1) is 23.9. The summed E-state index contributed by atoms with van der Waals surface area (Å²) < 4.78 is 0. The van der Waals surface area contributed by atoms with Crippen molar-refractivity contribution in [1.29, 1.82) is 5.41 Å². The average molecular weight is 442 g/mol. The van der Waals surface area contributed by atoms with Crippen LogP contribution in [0.4, 0.5) is 5.69 Å². The lowest BCUT2D eigenvalue weighted by Crippen LogP contribution is -2.38. The van der Waals surface area contributed by atoms with Gasteiger partial charge in [-0.25, -0.2) is 0 Å². The van der Waals surface area contributed by atoms with Crippen molar-refractivity contribution in [3.63, 3.8) is 0 Å². The van der Waals surface area contributed by atoms with Gasteiger partial charge < -0.3 is 15.6 Å². The zero-order chi connectivity index (χ0) is 23.6. The van der Waals surface area contributed by atoms with Crippen molar-refractivity contribution in [2.45, 2.75) is 25.7 Å². The van der Waals surface area contributed by atoms with Crippen LogP contribution in [0, 0.1) is 11.3 Å². The molecule has 0 saturated carbocycles. The van der Waals surface area contributed by atoms with Crippen LogP contribution in [0.25, 0.3) is 0 Å². The van der Waals surface area contributed by atoms with Crippen LogP contribution in [-0.2, 0) is 4.79 Å². The lowest BCUT2D eigenvalue weighted by Gasteiger charge is -2.32. The third-order valence-corrected chi connectivity index (χ3v) is 5.90. The second kappa shape index (κ2) is 11.8. The maximum atomic E-state index is 12.9. The summed E-state index contributed by atoms with van der Waals surface area (Å²) in [5, 5.41) is 10.9. The molecule has 0 unspecified atom stereocenters. The molecule has 0 bridgehead atoms. The summed E-state index contributed by atoms with van der Waals surface area (Å²) in [6, 6.07) is 16.2. The molecule has 2 aromatic rings. The Balaban J connectivity index is 1.49. The molecule has 0 atom stereocenters. The van der Waals surface area contributed by atoms with Crippen LogP contribution in [0.3, 0.4) is 0 Å². The minimum atomic E-state index is -0.255. The smallest absolute Gasteiger partial charge is 0.253 e. The summed E-state index contributed by atoms with van der Waals surface area (Å²) in [7, 11) is 0. The van der Waals surface area contributed by atoms with Crippen LogP contribution in [-0.4, -0.2) is 35.5 Å². The van der Waals surface area contributed by atoms with Gasteiger partial charge in [-0.3, -0.25) is 9.59 Å². The van der Waals surface area contributed by atoms with Crippen LogP contribution in [0.1, 0.15) is 41.6 Å². The number of amides is 2. The fourth-order valence-electron chi connectivity index (χ4n) is 4.03. The molecule has 0 radical (unpaired) electrons. The van der Waals surface area contributed by atoms with Gasteiger partial charge in [-0.05, 0) is 60.6 Å². The predicted octanol–water partition coefficient (Wildman–Crippen LogP) is 5.62. The van der Waals surface area contributed by atoms with E-state index in [1.165, 1.54) is 5.57 Å². The van der Waals surface area contributed by atoms with E-state index in [1.807, 2.05) is 47.4 Å². The summed E-state index contributed by atoms with van der Waals surface area (Å²) in [6.45, 7) is 9.09. The number of hydrogen-bond donors (Lipinski definition) is 2. The lowest BCUT2D eigenvalue weighted by molar-refractivity contribution is -0.115. The molecule has 1 heterocycles. The Morgan fingerprint density at radius 3 is 2.27 bits per heavy atom. The van der Waals surface area contributed by atoms with E-state index in [9.17, 15) is 9.59 Å². The molecular formula is C28H31N3O2. The highest BCUT2D eigenvalue weighted by molar-refractivity contribution is 6.12. The molecule has 5 nitrogen and oxygen atoms in total. The van der Waals surface area contributed by atoms with E-state index in [2.05, 4.69) is 18.5 Å². The minimum Gasteiger partial charge on any atom is -0.339 e. The number of rotatable bonds is 9. The van der Waals surface area contributed by atoms with Gasteiger partial charge in [0.15, 0.2) is 0 Å². The first-order valence-corrected chi connectivity index (χ1v) is 11.3. The van der Waals surface area contributed by atoms with Gasteiger partial charge in [0.05, 0.1) is 6.42 Å². The van der Waals surface area contributed by atoms with Gasteiger partial charge in [-0.15, -0.1) is 0 Å². The maximum Gasteiger partial charge on any atom is 0.253 e. The molecule has 0 aromatic heterocycles. The van der Waals surface area contributed by atoms with Crippen LogP contribution in [0.2, 0.25) is 0 Å². The Labute approximate surface area is 196 Å². The number of piperidine rings is 1. The molecular weight excluding hydrogens is 410 g/mol. The van der Waals surface area contributed by atoms with E-state index in [-0.39, 0.29) is 23.9 Å². The third kappa shape index (κ3) is 6.88. The van der Waals surface area contributed by atoms with E-state index >= 15 is 0 Å². The van der Waals surface area contributed by atoms with E-state index in [0.717, 1.165) is 37.9 Å². The highest BCUT2D eigenvalue weighted by Gasteiger charge is 2.24. The van der Waals surface area contributed by atoms with Crippen molar-refractivity contribution >= 4 is 23.2 Å². The standard InChI is InChI=1S/C28H31N3O2/c1-3-8-21(4-2)19-22-15-17-31(18-16-22)28(33)24-11-13-25(14-12-24)30-27(32)20-26(29)23-9-6-5-7-10-23/h3-14,22,29H,1-2,15-20H2,(H,30,32)/b21-8+,29-26?. The second-order valence-electron chi connectivity index (χ2n) is 8.27. The van der Waals surface area contributed by atoms with Crippen LogP contribution < -0.4 is 5.32 Å². The Morgan fingerprint density at radius 1 is 1.00 bits per heavy atom. The molecule has 170 valence electrons. The van der Waals surface area contributed by atoms with Gasteiger partial charge in [0.1, 0.15) is 0 Å². The van der Waals surface area contributed by atoms with E-state index in [1.54, 1.807) is 30.3 Å². The van der Waals surface area contributed by atoms with Crippen molar-refractivity contribution < 1.29 is 9.59 Å². The quantitative estimate of drug-likeness (QED) is 0.391. The zero-order valence-corrected chi connectivity index (χ0v) is 18.9. The topological polar surface area (TPSA) is 73.3 Å². The lowest BCUT2D eigenvalue weighted by atomic mass is 9.89. The van der Waals surface area contributed by atoms with Gasteiger partial charge in [-0.1, -0.05) is 61.7 Å². The van der Waals surface area contributed by atoms with E-state index in [0.29, 0.717) is 17.2 Å². The van der Waals surface area contributed by atoms with E-state index in [4.69, 9.17) is 5.41 Å². The fourth-order valence-corrected chi connectivity index (χ4v) is 4.03. The number of anilines is 1. The predicted molar refractivity (Wildman–Crippen MR) is 135 cm³/mol. The highest BCUT2D eigenvalue weighted by atomic mass is 16.2. The Bertz CT molecular complexity index is 1030. The summed E-state index contributed by atoms with van der Waals surface area (Å²) in [4.78, 5) is 27.1. The Kier molecular flexibility index (Phi) is 8.53. The second-order valence-corrected chi connectivity index (χ2v) is 8.27. The summed E-state index contributed by atoms with van der Waals surface area (Å²) in [5.74, 6) is 0.308. The molecule has 1 fully saturated rings. The summed E-state index contributed by atoms with van der Waals surface area (Å²) in [6.07, 6.45) is 8.56. The van der Waals surface area contributed by atoms with Crippen molar-refractivity contribution in [2.24, 2.45) is 5.92 Å². The third-order valence-electron chi connectivity index (χ3n) is 5.90. The molecule has 0 spiro atoms. The van der Waals surface area contributed by atoms with Gasteiger partial charge in [-0.2, -0.15) is 0 Å². The number of benzene rings is 2. The molecule has 2 aromatic carbocycles. The highest BCUT2D eigenvalue weighted by Crippen LogP contribution is 2.25. The molecule has 2 N–H and O–H groups in total. The number of hydrogen-bond acceptors (Lipinski definition) is 3. The number of nitrogens with zero attached hydrogens (tertiary/aromatic N) is 1. The van der Waals surface area contributed by atoms with E-state index < -0.39 is 0 Å². The molecule has 1 aliphatic rings. The number of allylic oxidation sites excluding steroid dienone is 4. The molecule has 1 aliphatic heterocycles. The van der Waals surface area contributed by atoms with Crippen LogP contribution in [0.15, 0.2) is 91.6 Å². The minimum absolute atomic E-state index is 0.00477. The monoisotopic (exact) mass is 441 g/mol. The van der Waals surface area contributed by atoms with Gasteiger partial charge in [0.2, 0.25) is 5.91 Å². The Morgan fingerprint density at radius 2 is 1.67 bits per heavy atom. The molecule has 2 amide bonds. The SMILES string of the molecule is C=C/C=C(\C=C)CC1CCN(C(=O)c2ccc(NC(=O)CC(=N)c3ccccc3)cc2)CC1. The van der Waals surface area contributed by atoms with Crippen molar-refractivity contribution in [3.05, 3.63) is 103 Å². The zero-order valence-electron chi connectivity index (χ0n) is 18.9. The molecule has 5 heteroatoms. The van der Waals surface area contributed by atoms with Crippen molar-refractivity contribution in [3.8, 4) is 0 Å². The first-order chi connectivity index (χ1) is 16.0. The molecule has 0 aliphatic carbocycles. The molecule has 1 saturated heterocycles. The number of likely N-dealkylation sites (tertiary alicyclic amines) is 1. The van der Waals surface area contributed by atoms with Crippen LogP contribution in [0.5, 0.6) is 0 Å². The Hall–Kier alpha value is -3.73. The summed E-state index contributed by atoms with van der Waals surface area (Å²) >= 11 is 0. The normalized spacial score (nSPS) is 14.4. The van der Waals surface area contributed by atoms with Crippen LogP contribution >= 0.6 is 0 Å². The van der Waals surface area contributed by atoms with Crippen molar-refractivity contribution in [1.82, 2.24) is 4.90 Å². The maximum absolute atomic E-state index is 12.9. The van der Waals surface area contributed by atoms with Crippen molar-refractivity contribution in [2.75, 3.05) is 18.4 Å². The number of nitrogens with one attached hydrogen (secondary N) is 2. The van der Waals surface area contributed by atoms with Gasteiger partial charge in [0, 0.05) is 30.1 Å². The first-order valence-electron chi connectivity index (χ1n) is 11.3. The van der Waals surface area contributed by atoms with Gasteiger partial charge in [0.25, 0.3) is 5.91 Å².